The average molecular weight is 262 g/mol. The molecule has 18 heavy (non-hydrogen) atoms. The van der Waals surface area contributed by atoms with Gasteiger partial charge in [-0.15, -0.1) is 0 Å². The molecule has 0 bridgehead atoms. The fourth-order valence-electron chi connectivity index (χ4n) is 1.21. The monoisotopic (exact) mass is 262 g/mol. The van der Waals surface area contributed by atoms with E-state index in [9.17, 15) is 18.0 Å². The van der Waals surface area contributed by atoms with Crippen LogP contribution in [-0.4, -0.2) is 24.4 Å². The average Bonchev–Trinajstić information content (AvgIpc) is 2.28. The van der Waals surface area contributed by atoms with Crippen molar-refractivity contribution < 1.29 is 27.9 Å². The van der Waals surface area contributed by atoms with Gasteiger partial charge in [-0.2, -0.15) is 13.2 Å². The van der Waals surface area contributed by atoms with Crippen molar-refractivity contribution in [2.24, 2.45) is 5.16 Å². The van der Waals surface area contributed by atoms with E-state index < -0.39 is 23.3 Å². The van der Waals surface area contributed by atoms with Gasteiger partial charge in [-0.3, -0.25) is 4.79 Å². The van der Waals surface area contributed by atoms with E-state index in [1.165, 1.54) is 13.2 Å². The summed E-state index contributed by atoms with van der Waals surface area (Å²) in [7, 11) is 1.23. The molecule has 0 radical (unpaired) electrons. The zero-order valence-electron chi connectivity index (χ0n) is 9.15. The molecule has 0 saturated heterocycles. The molecule has 1 amide bonds. The maximum absolute atomic E-state index is 12.7. The van der Waals surface area contributed by atoms with Crippen LogP contribution in [0.25, 0.3) is 0 Å². The highest BCUT2D eigenvalue weighted by Crippen LogP contribution is 2.37. The van der Waals surface area contributed by atoms with Gasteiger partial charge in [0.1, 0.15) is 12.0 Å². The van der Waals surface area contributed by atoms with Gasteiger partial charge in [0, 0.05) is 0 Å². The summed E-state index contributed by atoms with van der Waals surface area (Å²) in [4.78, 5) is 11.0. The van der Waals surface area contributed by atoms with Crippen LogP contribution in [0.4, 0.5) is 18.9 Å². The van der Waals surface area contributed by atoms with Gasteiger partial charge in [0.05, 0.1) is 18.4 Å². The largest absolute Gasteiger partial charge is 0.497 e. The maximum Gasteiger partial charge on any atom is 0.418 e. The number of benzene rings is 1. The van der Waals surface area contributed by atoms with Crippen LogP contribution in [0.3, 0.4) is 0 Å². The molecule has 0 saturated carbocycles. The number of rotatable bonds is 3. The fourth-order valence-corrected chi connectivity index (χ4v) is 1.21. The summed E-state index contributed by atoms with van der Waals surface area (Å²) in [6, 6.07) is 3.07. The number of amides is 1. The van der Waals surface area contributed by atoms with Crippen molar-refractivity contribution in [2.75, 3.05) is 12.4 Å². The number of nitrogens with one attached hydrogen (secondary N) is 1. The fraction of sp³-hybridized carbons (Fsp3) is 0.200. The molecule has 0 fully saturated rings. The number of anilines is 1. The van der Waals surface area contributed by atoms with E-state index in [0.717, 1.165) is 12.1 Å². The number of alkyl halides is 3. The Kier molecular flexibility index (Phi) is 4.13. The van der Waals surface area contributed by atoms with Crippen molar-refractivity contribution in [3.8, 4) is 5.75 Å². The molecule has 5 nitrogen and oxygen atoms in total. The molecule has 1 aromatic carbocycles. The maximum atomic E-state index is 12.7. The number of hydrogen-bond donors (Lipinski definition) is 2. The Morgan fingerprint density at radius 3 is 2.67 bits per heavy atom. The highest BCUT2D eigenvalue weighted by molar-refractivity contribution is 6.31. The first-order valence-electron chi connectivity index (χ1n) is 4.62. The first kappa shape index (κ1) is 13.8. The number of hydrogen-bond acceptors (Lipinski definition) is 4. The van der Waals surface area contributed by atoms with Crippen LogP contribution in [-0.2, 0) is 11.0 Å². The topological polar surface area (TPSA) is 70.9 Å². The van der Waals surface area contributed by atoms with E-state index in [4.69, 9.17) is 5.21 Å². The van der Waals surface area contributed by atoms with E-state index in [0.29, 0.717) is 6.21 Å². The predicted molar refractivity (Wildman–Crippen MR) is 56.9 cm³/mol. The molecule has 1 aromatic rings. The Morgan fingerprint density at radius 2 is 2.17 bits per heavy atom. The van der Waals surface area contributed by atoms with Gasteiger partial charge in [-0.05, 0) is 18.2 Å². The number of carbonyl (C=O) groups is 1. The predicted octanol–water partition coefficient (Wildman–Crippen LogP) is 2.11. The summed E-state index contributed by atoms with van der Waals surface area (Å²) in [6.07, 6.45) is -4.20. The summed E-state index contributed by atoms with van der Waals surface area (Å²) in [6.45, 7) is 0. The number of nitrogens with zero attached hydrogens (tertiary/aromatic N) is 1. The Hall–Kier alpha value is -2.25. The molecule has 0 heterocycles. The summed E-state index contributed by atoms with van der Waals surface area (Å²) in [5.41, 5.74) is -1.50. The van der Waals surface area contributed by atoms with Gasteiger partial charge in [0.2, 0.25) is 0 Å². The van der Waals surface area contributed by atoms with E-state index in [-0.39, 0.29) is 5.75 Å². The van der Waals surface area contributed by atoms with Crippen LogP contribution in [0.1, 0.15) is 5.56 Å². The highest BCUT2D eigenvalue weighted by Gasteiger charge is 2.34. The first-order valence-corrected chi connectivity index (χ1v) is 4.62. The SMILES string of the molecule is COc1ccc(NC(=O)/C=N/O)c(C(F)(F)F)c1. The molecule has 0 aliphatic carbocycles. The minimum Gasteiger partial charge on any atom is -0.497 e. The van der Waals surface area contributed by atoms with Crippen LogP contribution in [0.2, 0.25) is 0 Å². The molecule has 98 valence electrons. The highest BCUT2D eigenvalue weighted by atomic mass is 19.4. The van der Waals surface area contributed by atoms with Crippen LogP contribution in [0, 0.1) is 0 Å². The van der Waals surface area contributed by atoms with E-state index in [1.807, 2.05) is 5.32 Å². The minimum atomic E-state index is -4.65. The second-order valence-electron chi connectivity index (χ2n) is 3.14. The normalized spacial score (nSPS) is 11.6. The number of halogens is 3. The van der Waals surface area contributed by atoms with Crippen molar-refractivity contribution in [1.82, 2.24) is 0 Å². The van der Waals surface area contributed by atoms with Crippen LogP contribution in [0.5, 0.6) is 5.75 Å². The third-order valence-electron chi connectivity index (χ3n) is 1.96. The number of oxime groups is 1. The molecule has 0 aromatic heterocycles. The van der Waals surface area contributed by atoms with Gasteiger partial charge in [-0.1, -0.05) is 5.16 Å². The Balaban J connectivity index is 3.14. The molecule has 0 spiro atoms. The second kappa shape index (κ2) is 5.39. The van der Waals surface area contributed by atoms with Gasteiger partial charge >= 0.3 is 6.18 Å². The van der Waals surface area contributed by atoms with Crippen LogP contribution < -0.4 is 10.1 Å². The molecular weight excluding hydrogens is 253 g/mol. The summed E-state index contributed by atoms with van der Waals surface area (Å²) >= 11 is 0. The second-order valence-corrected chi connectivity index (χ2v) is 3.14. The van der Waals surface area contributed by atoms with Crippen molar-refractivity contribution in [3.63, 3.8) is 0 Å². The van der Waals surface area contributed by atoms with Crippen molar-refractivity contribution in [1.29, 1.82) is 0 Å². The Bertz CT molecular complexity index is 472. The molecule has 0 atom stereocenters. The summed E-state index contributed by atoms with van der Waals surface area (Å²) in [5, 5.41) is 12.5. The van der Waals surface area contributed by atoms with Crippen molar-refractivity contribution in [3.05, 3.63) is 23.8 Å². The van der Waals surface area contributed by atoms with Gasteiger partial charge < -0.3 is 15.3 Å². The first-order chi connectivity index (χ1) is 8.38. The molecule has 0 unspecified atom stereocenters. The van der Waals surface area contributed by atoms with Crippen molar-refractivity contribution >= 4 is 17.8 Å². The smallest absolute Gasteiger partial charge is 0.418 e. The minimum absolute atomic E-state index is 0.0103. The third-order valence-corrected chi connectivity index (χ3v) is 1.96. The molecule has 0 aliphatic heterocycles. The lowest BCUT2D eigenvalue weighted by atomic mass is 10.1. The number of ether oxygens (including phenoxy) is 1. The molecular formula is C10H9F3N2O3. The lowest BCUT2D eigenvalue weighted by Gasteiger charge is -2.14. The van der Waals surface area contributed by atoms with Gasteiger partial charge in [0.15, 0.2) is 0 Å². The van der Waals surface area contributed by atoms with Crippen LogP contribution in [0.15, 0.2) is 23.4 Å². The summed E-state index contributed by atoms with van der Waals surface area (Å²) < 4.78 is 42.8. The van der Waals surface area contributed by atoms with Gasteiger partial charge in [0.25, 0.3) is 5.91 Å². The standard InChI is InChI=1S/C10H9F3N2O3/c1-18-6-2-3-8(15-9(16)5-14-17)7(4-6)10(11,12)13/h2-5,17H,1H3,(H,15,16)/b14-5+. The van der Waals surface area contributed by atoms with Crippen molar-refractivity contribution in [2.45, 2.75) is 6.18 Å². The molecule has 1 rings (SSSR count). The number of methoxy groups -OCH3 is 1. The Labute approximate surface area is 99.9 Å². The van der Waals surface area contributed by atoms with E-state index in [2.05, 4.69) is 9.89 Å². The van der Waals surface area contributed by atoms with E-state index >= 15 is 0 Å². The zero-order chi connectivity index (χ0) is 13.8. The Morgan fingerprint density at radius 1 is 1.50 bits per heavy atom. The summed E-state index contributed by atoms with van der Waals surface area (Å²) in [5.74, 6) is -0.968. The van der Waals surface area contributed by atoms with Gasteiger partial charge in [-0.25, -0.2) is 0 Å². The quantitative estimate of drug-likeness (QED) is 0.498. The molecule has 2 N–H and O–H groups in total. The molecule has 8 heteroatoms. The lowest BCUT2D eigenvalue weighted by Crippen LogP contribution is -2.17. The zero-order valence-corrected chi connectivity index (χ0v) is 9.15. The van der Waals surface area contributed by atoms with Crippen LogP contribution >= 0.6 is 0 Å². The third kappa shape index (κ3) is 3.37. The number of carbonyl (C=O) groups excluding carboxylic acids is 1. The van der Waals surface area contributed by atoms with E-state index in [1.54, 1.807) is 0 Å². The molecule has 0 aliphatic rings. The lowest BCUT2D eigenvalue weighted by molar-refractivity contribution is -0.137.